The summed E-state index contributed by atoms with van der Waals surface area (Å²) in [6.45, 7) is 1.87. The number of amides is 1. The van der Waals surface area contributed by atoms with E-state index in [1.807, 2.05) is 31.2 Å². The van der Waals surface area contributed by atoms with Gasteiger partial charge in [0, 0.05) is 10.5 Å². The van der Waals surface area contributed by atoms with Gasteiger partial charge in [0.2, 0.25) is 5.91 Å². The van der Waals surface area contributed by atoms with Crippen molar-refractivity contribution in [1.82, 2.24) is 5.32 Å². The second-order valence-corrected chi connectivity index (χ2v) is 4.99. The molecule has 1 aromatic carbocycles. The number of aliphatic carboxylic acids is 1. The summed E-state index contributed by atoms with van der Waals surface area (Å²) >= 11 is 3.34. The number of benzene rings is 1. The van der Waals surface area contributed by atoms with Crippen LogP contribution in [0.25, 0.3) is 6.08 Å². The van der Waals surface area contributed by atoms with Crippen LogP contribution in [0, 0.1) is 0 Å². The number of carboxylic acid groups (broad SMARTS) is 1. The Kier molecular flexibility index (Phi) is 6.29. The summed E-state index contributed by atoms with van der Waals surface area (Å²) in [6, 6.07) is 6.64. The van der Waals surface area contributed by atoms with Gasteiger partial charge in [-0.05, 0) is 30.2 Å². The second kappa shape index (κ2) is 7.74. The number of carboxylic acids is 1. The zero-order chi connectivity index (χ0) is 14.3. The summed E-state index contributed by atoms with van der Waals surface area (Å²) in [7, 11) is 0. The van der Waals surface area contributed by atoms with Crippen molar-refractivity contribution in [3.05, 3.63) is 40.4 Å². The van der Waals surface area contributed by atoms with Gasteiger partial charge in [-0.15, -0.1) is 0 Å². The predicted molar refractivity (Wildman–Crippen MR) is 77.7 cm³/mol. The number of hydrogen-bond donors (Lipinski definition) is 2. The number of nitrogens with one attached hydrogen (secondary N) is 1. The molecule has 0 saturated heterocycles. The van der Waals surface area contributed by atoms with Crippen LogP contribution in [0.15, 0.2) is 34.8 Å². The van der Waals surface area contributed by atoms with Crippen molar-refractivity contribution in [3.63, 3.8) is 0 Å². The molecule has 0 aliphatic carbocycles. The predicted octanol–water partition coefficient (Wildman–Crippen LogP) is 2.83. The molecule has 1 aromatic rings. The molecular formula is C14H16BrNO3. The largest absolute Gasteiger partial charge is 0.480 e. The SMILES string of the molecule is CCCC(NC(=O)/C=C/c1cccc(Br)c1)C(=O)O. The van der Waals surface area contributed by atoms with E-state index in [2.05, 4.69) is 21.2 Å². The lowest BCUT2D eigenvalue weighted by Crippen LogP contribution is -2.39. The molecular weight excluding hydrogens is 310 g/mol. The molecule has 1 unspecified atom stereocenters. The number of carbonyl (C=O) groups is 2. The number of hydrogen-bond acceptors (Lipinski definition) is 2. The van der Waals surface area contributed by atoms with Gasteiger partial charge in [0.15, 0.2) is 0 Å². The van der Waals surface area contributed by atoms with Crippen molar-refractivity contribution in [3.8, 4) is 0 Å². The Morgan fingerprint density at radius 1 is 1.47 bits per heavy atom. The number of halogens is 1. The van der Waals surface area contributed by atoms with Gasteiger partial charge in [0.25, 0.3) is 0 Å². The fourth-order valence-corrected chi connectivity index (χ4v) is 1.97. The van der Waals surface area contributed by atoms with Gasteiger partial charge >= 0.3 is 5.97 Å². The molecule has 0 saturated carbocycles. The fourth-order valence-electron chi connectivity index (χ4n) is 1.55. The number of carbonyl (C=O) groups excluding carboxylic acids is 1. The Bertz CT molecular complexity index is 485. The zero-order valence-electron chi connectivity index (χ0n) is 10.6. The highest BCUT2D eigenvalue weighted by Crippen LogP contribution is 2.12. The molecule has 0 radical (unpaired) electrons. The maximum absolute atomic E-state index is 11.6. The topological polar surface area (TPSA) is 66.4 Å². The van der Waals surface area contributed by atoms with Crippen molar-refractivity contribution >= 4 is 33.9 Å². The minimum absolute atomic E-state index is 0.402. The summed E-state index contributed by atoms with van der Waals surface area (Å²) in [5.74, 6) is -1.41. The monoisotopic (exact) mass is 325 g/mol. The lowest BCUT2D eigenvalue weighted by molar-refractivity contribution is -0.141. The van der Waals surface area contributed by atoms with Gasteiger partial charge in [0.05, 0.1) is 0 Å². The Labute approximate surface area is 120 Å². The van der Waals surface area contributed by atoms with Crippen molar-refractivity contribution in [2.75, 3.05) is 0 Å². The molecule has 1 atom stereocenters. The van der Waals surface area contributed by atoms with E-state index in [0.29, 0.717) is 12.8 Å². The first kappa shape index (κ1) is 15.4. The van der Waals surface area contributed by atoms with Gasteiger partial charge in [0.1, 0.15) is 6.04 Å². The summed E-state index contributed by atoms with van der Waals surface area (Å²) in [5.41, 5.74) is 0.867. The van der Waals surface area contributed by atoms with Crippen LogP contribution in [0.5, 0.6) is 0 Å². The van der Waals surface area contributed by atoms with Crippen molar-refractivity contribution in [2.45, 2.75) is 25.8 Å². The Hall–Kier alpha value is -1.62. The van der Waals surface area contributed by atoms with E-state index in [1.165, 1.54) is 6.08 Å². The second-order valence-electron chi connectivity index (χ2n) is 4.08. The van der Waals surface area contributed by atoms with Crippen molar-refractivity contribution in [2.24, 2.45) is 0 Å². The molecule has 1 rings (SSSR count). The molecule has 0 fully saturated rings. The summed E-state index contributed by atoms with van der Waals surface area (Å²) in [6.07, 6.45) is 4.11. The molecule has 0 aliphatic heterocycles. The smallest absolute Gasteiger partial charge is 0.326 e. The number of rotatable bonds is 6. The van der Waals surface area contributed by atoms with Crippen LogP contribution in [0.1, 0.15) is 25.3 Å². The van der Waals surface area contributed by atoms with E-state index >= 15 is 0 Å². The molecule has 4 nitrogen and oxygen atoms in total. The highest BCUT2D eigenvalue weighted by Gasteiger charge is 2.17. The molecule has 2 N–H and O–H groups in total. The van der Waals surface area contributed by atoms with E-state index < -0.39 is 17.9 Å². The van der Waals surface area contributed by atoms with Crippen molar-refractivity contribution in [1.29, 1.82) is 0 Å². The lowest BCUT2D eigenvalue weighted by atomic mass is 10.1. The first-order valence-corrected chi connectivity index (χ1v) is 6.79. The van der Waals surface area contributed by atoms with E-state index in [0.717, 1.165) is 10.0 Å². The first-order chi connectivity index (χ1) is 9.02. The van der Waals surface area contributed by atoms with E-state index in [1.54, 1.807) is 6.08 Å². The summed E-state index contributed by atoms with van der Waals surface area (Å²) in [4.78, 5) is 22.5. The highest BCUT2D eigenvalue weighted by atomic mass is 79.9. The molecule has 0 aliphatic rings. The maximum Gasteiger partial charge on any atom is 0.326 e. The van der Waals surface area contributed by atoms with Crippen LogP contribution in [0.2, 0.25) is 0 Å². The van der Waals surface area contributed by atoms with Crippen LogP contribution >= 0.6 is 15.9 Å². The van der Waals surface area contributed by atoms with E-state index in [9.17, 15) is 9.59 Å². The standard InChI is InChI=1S/C14H16BrNO3/c1-2-4-12(14(18)19)16-13(17)8-7-10-5-3-6-11(15)9-10/h3,5-9,12H,2,4H2,1H3,(H,16,17)(H,18,19)/b8-7+. The Morgan fingerprint density at radius 2 is 2.21 bits per heavy atom. The van der Waals surface area contributed by atoms with E-state index in [-0.39, 0.29) is 0 Å². The molecule has 1 amide bonds. The van der Waals surface area contributed by atoms with Gasteiger partial charge in [-0.3, -0.25) is 4.79 Å². The minimum Gasteiger partial charge on any atom is -0.480 e. The lowest BCUT2D eigenvalue weighted by Gasteiger charge is -2.11. The Morgan fingerprint density at radius 3 is 2.79 bits per heavy atom. The van der Waals surface area contributed by atoms with Crippen LogP contribution in [-0.2, 0) is 9.59 Å². The van der Waals surface area contributed by atoms with E-state index in [4.69, 9.17) is 5.11 Å². The third-order valence-electron chi connectivity index (χ3n) is 2.47. The Balaban J connectivity index is 2.61. The fraction of sp³-hybridized carbons (Fsp3) is 0.286. The van der Waals surface area contributed by atoms with Crippen LogP contribution in [0.4, 0.5) is 0 Å². The first-order valence-electron chi connectivity index (χ1n) is 6.00. The third kappa shape index (κ3) is 5.70. The molecule has 0 bridgehead atoms. The highest BCUT2D eigenvalue weighted by molar-refractivity contribution is 9.10. The van der Waals surface area contributed by atoms with Crippen LogP contribution < -0.4 is 5.32 Å². The van der Waals surface area contributed by atoms with Gasteiger partial charge < -0.3 is 10.4 Å². The third-order valence-corrected chi connectivity index (χ3v) is 2.96. The van der Waals surface area contributed by atoms with Gasteiger partial charge in [-0.25, -0.2) is 4.79 Å². The van der Waals surface area contributed by atoms with Crippen LogP contribution in [-0.4, -0.2) is 23.0 Å². The minimum atomic E-state index is -1.01. The quantitative estimate of drug-likeness (QED) is 0.790. The molecule has 0 aromatic heterocycles. The molecule has 0 spiro atoms. The summed E-state index contributed by atoms with van der Waals surface area (Å²) in [5, 5.41) is 11.4. The summed E-state index contributed by atoms with van der Waals surface area (Å²) < 4.78 is 0.921. The maximum atomic E-state index is 11.6. The average Bonchev–Trinajstić information content (AvgIpc) is 2.36. The normalized spacial score (nSPS) is 12.3. The molecule has 19 heavy (non-hydrogen) atoms. The van der Waals surface area contributed by atoms with Crippen molar-refractivity contribution < 1.29 is 14.7 Å². The van der Waals surface area contributed by atoms with Gasteiger partial charge in [-0.1, -0.05) is 41.4 Å². The molecule has 102 valence electrons. The zero-order valence-corrected chi connectivity index (χ0v) is 12.2. The molecule has 5 heteroatoms. The molecule has 0 heterocycles. The average molecular weight is 326 g/mol. The van der Waals surface area contributed by atoms with Gasteiger partial charge in [-0.2, -0.15) is 0 Å². The van der Waals surface area contributed by atoms with Crippen LogP contribution in [0.3, 0.4) is 0 Å².